The molecule has 2 aromatic rings. The van der Waals surface area contributed by atoms with Gasteiger partial charge in [0, 0.05) is 11.8 Å². The van der Waals surface area contributed by atoms with Crippen molar-refractivity contribution in [1.29, 1.82) is 0 Å². The van der Waals surface area contributed by atoms with Crippen LogP contribution in [-0.4, -0.2) is 9.97 Å². The normalized spacial score (nSPS) is 18.1. The third kappa shape index (κ3) is 10.1. The van der Waals surface area contributed by atoms with Crippen LogP contribution in [0, 0.1) is 11.8 Å². The maximum Gasteiger partial charge on any atom is 0.116 e. The van der Waals surface area contributed by atoms with Crippen molar-refractivity contribution < 1.29 is 0 Å². The lowest BCUT2D eigenvalue weighted by molar-refractivity contribution is 0.248. The van der Waals surface area contributed by atoms with E-state index in [2.05, 4.69) is 49.3 Å². The number of unbranched alkanes of at least 4 members (excludes halogenated alkanes) is 9. The van der Waals surface area contributed by atoms with Crippen LogP contribution in [0.5, 0.6) is 0 Å². The highest BCUT2D eigenvalue weighted by atomic mass is 14.8. The molecule has 1 aliphatic rings. The molecular formula is C33H52N2. The van der Waals surface area contributed by atoms with Gasteiger partial charge >= 0.3 is 0 Å². The van der Waals surface area contributed by atoms with E-state index in [1.54, 1.807) is 6.33 Å². The molecule has 3 rings (SSSR count). The predicted molar refractivity (Wildman–Crippen MR) is 152 cm³/mol. The summed E-state index contributed by atoms with van der Waals surface area (Å²) in [4.78, 5) is 9.20. The molecule has 0 N–H and O–H groups in total. The highest BCUT2D eigenvalue weighted by Crippen LogP contribution is 2.35. The van der Waals surface area contributed by atoms with Gasteiger partial charge in [-0.15, -0.1) is 0 Å². The molecule has 1 aliphatic carbocycles. The number of hydrogen-bond acceptors (Lipinski definition) is 2. The van der Waals surface area contributed by atoms with Crippen molar-refractivity contribution in [3.05, 3.63) is 47.9 Å². The summed E-state index contributed by atoms with van der Waals surface area (Å²) in [5.74, 6) is 1.88. The highest BCUT2D eigenvalue weighted by Gasteiger charge is 2.21. The maximum absolute atomic E-state index is 4.78. The molecule has 35 heavy (non-hydrogen) atoms. The molecule has 1 fully saturated rings. The zero-order valence-corrected chi connectivity index (χ0v) is 22.9. The van der Waals surface area contributed by atoms with Gasteiger partial charge in [-0.2, -0.15) is 0 Å². The molecule has 0 saturated heterocycles. The Morgan fingerprint density at radius 3 is 2.03 bits per heavy atom. The Hall–Kier alpha value is -1.70. The van der Waals surface area contributed by atoms with Gasteiger partial charge in [0.1, 0.15) is 6.33 Å². The van der Waals surface area contributed by atoms with E-state index in [4.69, 9.17) is 4.98 Å². The van der Waals surface area contributed by atoms with Crippen molar-refractivity contribution in [2.75, 3.05) is 0 Å². The number of benzene rings is 1. The summed E-state index contributed by atoms with van der Waals surface area (Å²) in [6.07, 6.45) is 29.9. The number of nitrogens with zero attached hydrogens (tertiary/aromatic N) is 2. The van der Waals surface area contributed by atoms with E-state index < -0.39 is 0 Å². The Balaban J connectivity index is 1.44. The van der Waals surface area contributed by atoms with E-state index in [9.17, 15) is 0 Å². The third-order valence-corrected chi connectivity index (χ3v) is 8.36. The van der Waals surface area contributed by atoms with Crippen LogP contribution >= 0.6 is 0 Å². The van der Waals surface area contributed by atoms with Gasteiger partial charge < -0.3 is 0 Å². The highest BCUT2D eigenvalue weighted by molar-refractivity contribution is 5.66. The third-order valence-electron chi connectivity index (χ3n) is 8.36. The first-order valence-electron chi connectivity index (χ1n) is 15.2. The minimum absolute atomic E-state index is 0.887. The molecule has 0 atom stereocenters. The van der Waals surface area contributed by atoms with Crippen LogP contribution in [0.25, 0.3) is 11.3 Å². The van der Waals surface area contributed by atoms with Crippen molar-refractivity contribution in [3.63, 3.8) is 0 Å². The summed E-state index contributed by atoms with van der Waals surface area (Å²) >= 11 is 0. The molecule has 0 radical (unpaired) electrons. The Bertz CT molecular complexity index is 806. The smallest absolute Gasteiger partial charge is 0.116 e. The van der Waals surface area contributed by atoms with Gasteiger partial charge in [0.15, 0.2) is 0 Å². The van der Waals surface area contributed by atoms with Gasteiger partial charge in [0.25, 0.3) is 0 Å². The Labute approximate surface area is 216 Å². The van der Waals surface area contributed by atoms with Crippen molar-refractivity contribution in [2.45, 2.75) is 136 Å². The Morgan fingerprint density at radius 2 is 1.29 bits per heavy atom. The van der Waals surface area contributed by atoms with Crippen LogP contribution in [0.4, 0.5) is 0 Å². The summed E-state index contributed by atoms with van der Waals surface area (Å²) in [5, 5.41) is 0. The van der Waals surface area contributed by atoms with Gasteiger partial charge in [0.2, 0.25) is 0 Å². The van der Waals surface area contributed by atoms with Crippen molar-refractivity contribution in [2.24, 2.45) is 11.8 Å². The van der Waals surface area contributed by atoms with Crippen molar-refractivity contribution in [1.82, 2.24) is 9.97 Å². The van der Waals surface area contributed by atoms with Gasteiger partial charge in [-0.05, 0) is 48.6 Å². The summed E-state index contributed by atoms with van der Waals surface area (Å²) in [7, 11) is 0. The molecule has 0 amide bonds. The monoisotopic (exact) mass is 476 g/mol. The average molecular weight is 477 g/mol. The fraction of sp³-hybridized carbons (Fsp3) is 0.697. The lowest BCUT2D eigenvalue weighted by atomic mass is 9.77. The number of aryl methyl sites for hydroxylation is 2. The first kappa shape index (κ1) is 27.9. The number of aromatic nitrogens is 2. The van der Waals surface area contributed by atoms with Crippen LogP contribution in [0.3, 0.4) is 0 Å². The van der Waals surface area contributed by atoms with Crippen LogP contribution in [0.2, 0.25) is 0 Å². The van der Waals surface area contributed by atoms with Crippen LogP contribution in [-0.2, 0) is 12.8 Å². The molecule has 0 bridgehead atoms. The first-order chi connectivity index (χ1) is 17.3. The summed E-state index contributed by atoms with van der Waals surface area (Å²) in [5.41, 5.74) is 5.31. The Kier molecular flexibility index (Phi) is 13.4. The van der Waals surface area contributed by atoms with Crippen LogP contribution in [0.1, 0.15) is 134 Å². The molecule has 194 valence electrons. The molecule has 1 saturated carbocycles. The van der Waals surface area contributed by atoms with Gasteiger partial charge in [-0.1, -0.05) is 134 Å². The molecule has 1 aromatic carbocycles. The summed E-state index contributed by atoms with van der Waals surface area (Å²) < 4.78 is 0. The van der Waals surface area contributed by atoms with Gasteiger partial charge in [-0.3, -0.25) is 0 Å². The Morgan fingerprint density at radius 1 is 0.657 bits per heavy atom. The number of rotatable bonds is 17. The lowest BCUT2D eigenvalue weighted by Crippen LogP contribution is -2.15. The molecule has 1 aromatic heterocycles. The topological polar surface area (TPSA) is 25.8 Å². The van der Waals surface area contributed by atoms with E-state index in [0.29, 0.717) is 0 Å². The predicted octanol–water partition coefficient (Wildman–Crippen LogP) is 10.1. The SMILES string of the molecule is CCCCCCCCCC1CCC(CCc2cncnc2-c2ccccc2CCCCCC)CC1. The van der Waals surface area contributed by atoms with E-state index in [-0.39, 0.29) is 0 Å². The zero-order valence-electron chi connectivity index (χ0n) is 22.9. The molecule has 0 aliphatic heterocycles. The van der Waals surface area contributed by atoms with Crippen molar-refractivity contribution >= 4 is 0 Å². The zero-order chi connectivity index (χ0) is 24.6. The van der Waals surface area contributed by atoms with Gasteiger partial charge in [-0.25, -0.2) is 9.97 Å². The minimum Gasteiger partial charge on any atom is -0.244 e. The second kappa shape index (κ2) is 16.9. The molecule has 0 spiro atoms. The van der Waals surface area contributed by atoms with E-state index >= 15 is 0 Å². The van der Waals surface area contributed by atoms with E-state index in [1.807, 2.05) is 0 Å². The largest absolute Gasteiger partial charge is 0.244 e. The van der Waals surface area contributed by atoms with Gasteiger partial charge in [0.05, 0.1) is 5.69 Å². The molecule has 2 heteroatoms. The second-order valence-corrected chi connectivity index (χ2v) is 11.2. The fourth-order valence-corrected chi connectivity index (χ4v) is 6.05. The molecular weight excluding hydrogens is 424 g/mol. The van der Waals surface area contributed by atoms with E-state index in [1.165, 1.54) is 132 Å². The summed E-state index contributed by atoms with van der Waals surface area (Å²) in [6, 6.07) is 8.93. The number of hydrogen-bond donors (Lipinski definition) is 0. The van der Waals surface area contributed by atoms with Crippen molar-refractivity contribution in [3.8, 4) is 11.3 Å². The minimum atomic E-state index is 0.887. The molecule has 2 nitrogen and oxygen atoms in total. The van der Waals surface area contributed by atoms with Crippen LogP contribution in [0.15, 0.2) is 36.8 Å². The standard InChI is InChI=1S/C33H52N2/c1-3-5-7-9-10-11-12-16-28-20-22-29(23-21-28)24-25-31-26-34-27-35-33(31)32-19-15-14-18-30(32)17-13-8-6-4-2/h14-15,18-19,26-29H,3-13,16-17,20-25H2,1-2H3. The molecule has 1 heterocycles. The quantitative estimate of drug-likeness (QED) is 0.212. The first-order valence-corrected chi connectivity index (χ1v) is 15.2. The summed E-state index contributed by atoms with van der Waals surface area (Å²) in [6.45, 7) is 4.59. The lowest BCUT2D eigenvalue weighted by Gasteiger charge is -2.28. The fourth-order valence-electron chi connectivity index (χ4n) is 6.05. The second-order valence-electron chi connectivity index (χ2n) is 11.2. The average Bonchev–Trinajstić information content (AvgIpc) is 2.90. The maximum atomic E-state index is 4.78. The van der Waals surface area contributed by atoms with E-state index in [0.717, 1.165) is 24.7 Å². The molecule has 0 unspecified atom stereocenters. The van der Waals surface area contributed by atoms with Crippen LogP contribution < -0.4 is 0 Å².